The van der Waals surface area contributed by atoms with E-state index in [1.807, 2.05) is 6.07 Å². The molecule has 0 aliphatic heterocycles. The lowest BCUT2D eigenvalue weighted by Gasteiger charge is -2.10. The second-order valence-corrected chi connectivity index (χ2v) is 6.77. The monoisotopic (exact) mass is 401 g/mol. The molecule has 6 heteroatoms. The van der Waals surface area contributed by atoms with E-state index in [0.717, 1.165) is 32.4 Å². The van der Waals surface area contributed by atoms with Crippen molar-refractivity contribution in [3.8, 4) is 11.4 Å². The molecule has 0 aliphatic rings. The van der Waals surface area contributed by atoms with E-state index in [1.165, 1.54) is 0 Å². The smallest absolute Gasteiger partial charge is 0.144 e. The van der Waals surface area contributed by atoms with E-state index in [4.69, 9.17) is 12.2 Å². The molecular weight excluding hydrogens is 390 g/mol. The molecule has 0 saturated carbocycles. The Morgan fingerprint density at radius 3 is 2.68 bits per heavy atom. The lowest BCUT2D eigenvalue weighted by molar-refractivity contribution is 0.632. The van der Waals surface area contributed by atoms with Gasteiger partial charge in [0.1, 0.15) is 10.5 Å². The molecule has 2 aromatic rings. The molecule has 2 aromatic heterocycles. The maximum absolute atomic E-state index is 5.30. The van der Waals surface area contributed by atoms with Gasteiger partial charge in [0.05, 0.1) is 4.47 Å². The van der Waals surface area contributed by atoms with Gasteiger partial charge in [-0.05, 0) is 50.3 Å². The first-order chi connectivity index (χ1) is 8.97. The highest BCUT2D eigenvalue weighted by molar-refractivity contribution is 9.10. The Kier molecular flexibility index (Phi) is 4.86. The number of nitrogens with zero attached hydrogens (tertiary/aromatic N) is 2. The summed E-state index contributed by atoms with van der Waals surface area (Å²) in [7, 11) is 0. The van der Waals surface area contributed by atoms with Gasteiger partial charge < -0.3 is 4.98 Å². The molecule has 0 spiro atoms. The van der Waals surface area contributed by atoms with Crippen LogP contribution in [0.5, 0.6) is 0 Å². The summed E-state index contributed by atoms with van der Waals surface area (Å²) in [5.41, 5.74) is 1.99. The largest absolute Gasteiger partial charge is 0.342 e. The molecule has 1 N–H and O–H groups in total. The lowest BCUT2D eigenvalue weighted by Crippen LogP contribution is -2.02. The third kappa shape index (κ3) is 3.70. The molecule has 19 heavy (non-hydrogen) atoms. The second kappa shape index (κ2) is 6.24. The Bertz CT molecular complexity index is 653. The number of aromatic amines is 1. The van der Waals surface area contributed by atoms with Crippen LogP contribution >= 0.6 is 44.1 Å². The van der Waals surface area contributed by atoms with Gasteiger partial charge in [-0.1, -0.05) is 26.1 Å². The molecule has 0 saturated heterocycles. The zero-order valence-corrected chi connectivity index (χ0v) is 14.6. The van der Waals surface area contributed by atoms with Crippen molar-refractivity contribution in [1.82, 2.24) is 15.0 Å². The number of nitrogens with one attached hydrogen (secondary N) is 1. The fourth-order valence-electron chi connectivity index (χ4n) is 1.73. The van der Waals surface area contributed by atoms with Crippen molar-refractivity contribution in [2.45, 2.75) is 20.3 Å². The van der Waals surface area contributed by atoms with Crippen molar-refractivity contribution in [2.75, 3.05) is 0 Å². The lowest BCUT2D eigenvalue weighted by atomic mass is 10.1. The molecule has 0 aromatic carbocycles. The quantitative estimate of drug-likeness (QED) is 0.740. The molecule has 0 aliphatic carbocycles. The number of H-pyrrole nitrogens is 1. The molecule has 0 fully saturated rings. The van der Waals surface area contributed by atoms with E-state index in [0.29, 0.717) is 10.6 Å². The van der Waals surface area contributed by atoms with Crippen LogP contribution in [0, 0.1) is 10.6 Å². The van der Waals surface area contributed by atoms with Crippen molar-refractivity contribution in [3.05, 3.63) is 37.7 Å². The van der Waals surface area contributed by atoms with Gasteiger partial charge >= 0.3 is 0 Å². The summed E-state index contributed by atoms with van der Waals surface area (Å²) < 4.78 is 2.37. The fraction of sp³-hybridized carbons (Fsp3) is 0.308. The van der Waals surface area contributed by atoms with Crippen LogP contribution in [-0.4, -0.2) is 15.0 Å². The molecule has 2 heterocycles. The van der Waals surface area contributed by atoms with Crippen LogP contribution in [0.25, 0.3) is 11.4 Å². The first-order valence-electron chi connectivity index (χ1n) is 5.87. The van der Waals surface area contributed by atoms with E-state index in [-0.39, 0.29) is 0 Å². The Balaban J connectivity index is 2.53. The third-order valence-corrected chi connectivity index (χ3v) is 4.37. The van der Waals surface area contributed by atoms with Crippen molar-refractivity contribution in [1.29, 1.82) is 0 Å². The standard InChI is InChI=1S/C13H13Br2N3S/c1-7(2)3-10-11(15)13(19)18-12(17-10)8-4-9(14)6-16-5-8/h4-7H,3H2,1-2H3,(H,17,18,19). The molecule has 2 rings (SSSR count). The van der Waals surface area contributed by atoms with E-state index >= 15 is 0 Å². The normalized spacial score (nSPS) is 11.0. The van der Waals surface area contributed by atoms with Gasteiger partial charge in [0.25, 0.3) is 0 Å². The maximum Gasteiger partial charge on any atom is 0.144 e. The summed E-state index contributed by atoms with van der Waals surface area (Å²) in [5.74, 6) is 1.29. The first kappa shape index (κ1) is 14.8. The number of halogens is 2. The average molecular weight is 403 g/mol. The number of hydrogen-bond donors (Lipinski definition) is 1. The molecule has 0 bridgehead atoms. The minimum Gasteiger partial charge on any atom is -0.342 e. The van der Waals surface area contributed by atoms with Crippen LogP contribution in [0.15, 0.2) is 27.4 Å². The van der Waals surface area contributed by atoms with E-state index in [2.05, 4.69) is 60.7 Å². The van der Waals surface area contributed by atoms with Crippen molar-refractivity contribution >= 4 is 44.1 Å². The highest BCUT2D eigenvalue weighted by Gasteiger charge is 2.10. The van der Waals surface area contributed by atoms with Gasteiger partial charge in [0, 0.05) is 28.1 Å². The Morgan fingerprint density at radius 2 is 2.05 bits per heavy atom. The van der Waals surface area contributed by atoms with Gasteiger partial charge in [0.2, 0.25) is 0 Å². The second-order valence-electron chi connectivity index (χ2n) is 4.67. The van der Waals surface area contributed by atoms with Crippen molar-refractivity contribution in [3.63, 3.8) is 0 Å². The molecule has 0 atom stereocenters. The van der Waals surface area contributed by atoms with Gasteiger partial charge in [-0.25, -0.2) is 4.98 Å². The summed E-state index contributed by atoms with van der Waals surface area (Å²) in [6.45, 7) is 4.34. The number of rotatable bonds is 3. The van der Waals surface area contributed by atoms with Crippen LogP contribution in [0.2, 0.25) is 0 Å². The molecule has 0 amide bonds. The van der Waals surface area contributed by atoms with Crippen LogP contribution in [-0.2, 0) is 6.42 Å². The van der Waals surface area contributed by atoms with Crippen LogP contribution in [0.4, 0.5) is 0 Å². The zero-order valence-electron chi connectivity index (χ0n) is 10.6. The fourth-order valence-corrected chi connectivity index (χ4v) is 2.66. The number of pyridine rings is 1. The first-order valence-corrected chi connectivity index (χ1v) is 7.86. The molecule has 0 unspecified atom stereocenters. The minimum absolute atomic E-state index is 0.540. The van der Waals surface area contributed by atoms with Gasteiger partial charge in [-0.15, -0.1) is 0 Å². The third-order valence-electron chi connectivity index (χ3n) is 2.53. The predicted molar refractivity (Wildman–Crippen MR) is 86.6 cm³/mol. The summed E-state index contributed by atoms with van der Waals surface area (Å²) in [4.78, 5) is 11.9. The van der Waals surface area contributed by atoms with E-state index in [1.54, 1.807) is 12.4 Å². The Morgan fingerprint density at radius 1 is 1.32 bits per heavy atom. The molecule has 0 radical (unpaired) electrons. The van der Waals surface area contributed by atoms with Crippen LogP contribution in [0.1, 0.15) is 19.5 Å². The zero-order chi connectivity index (χ0) is 14.0. The Labute approximate surface area is 134 Å². The minimum atomic E-state index is 0.540. The van der Waals surface area contributed by atoms with Crippen molar-refractivity contribution in [2.24, 2.45) is 5.92 Å². The van der Waals surface area contributed by atoms with Crippen LogP contribution in [0.3, 0.4) is 0 Å². The molecule has 100 valence electrons. The Hall–Kier alpha value is -0.590. The number of hydrogen-bond acceptors (Lipinski definition) is 3. The maximum atomic E-state index is 5.30. The van der Waals surface area contributed by atoms with Gasteiger partial charge in [-0.3, -0.25) is 4.98 Å². The molecule has 3 nitrogen and oxygen atoms in total. The van der Waals surface area contributed by atoms with E-state index < -0.39 is 0 Å². The topological polar surface area (TPSA) is 41.6 Å². The SMILES string of the molecule is CC(C)Cc1[nH]c(-c2cncc(Br)c2)nc(=S)c1Br. The summed E-state index contributed by atoms with van der Waals surface area (Å²) in [6, 6.07) is 1.97. The van der Waals surface area contributed by atoms with Crippen molar-refractivity contribution < 1.29 is 0 Å². The number of aromatic nitrogens is 3. The predicted octanol–water partition coefficient (Wildman–Crippen LogP) is 4.92. The van der Waals surface area contributed by atoms with E-state index in [9.17, 15) is 0 Å². The summed E-state index contributed by atoms with van der Waals surface area (Å²) in [6.07, 6.45) is 4.43. The van der Waals surface area contributed by atoms with Gasteiger partial charge in [0.15, 0.2) is 0 Å². The summed E-state index contributed by atoms with van der Waals surface area (Å²) in [5, 5.41) is 0. The highest BCUT2D eigenvalue weighted by Crippen LogP contribution is 2.24. The van der Waals surface area contributed by atoms with Gasteiger partial charge in [-0.2, -0.15) is 0 Å². The molecular formula is C13H13Br2N3S. The summed E-state index contributed by atoms with van der Waals surface area (Å²) >= 11 is 12.2. The van der Waals surface area contributed by atoms with Crippen LogP contribution < -0.4 is 0 Å². The highest BCUT2D eigenvalue weighted by atomic mass is 79.9. The average Bonchev–Trinajstić information content (AvgIpc) is 2.34.